The number of aromatic nitrogens is 1. The minimum absolute atomic E-state index is 0.0427. The standard InChI is InChI=1S/C13H16FN3O2S2/c1-9-17-11(8-20-9)7-16-21(18,19)12-3-4-13(14)10(5-12)6-15-2/h3-5,8,15-16H,6-7H2,1-2H3. The lowest BCUT2D eigenvalue weighted by atomic mass is 10.2. The van der Waals surface area contributed by atoms with Crippen LogP contribution in [-0.2, 0) is 23.1 Å². The summed E-state index contributed by atoms with van der Waals surface area (Å²) in [6.45, 7) is 2.23. The van der Waals surface area contributed by atoms with Crippen LogP contribution in [-0.4, -0.2) is 20.4 Å². The van der Waals surface area contributed by atoms with Gasteiger partial charge in [-0.2, -0.15) is 0 Å². The number of hydrogen-bond donors (Lipinski definition) is 2. The number of nitrogens with zero attached hydrogens (tertiary/aromatic N) is 1. The normalized spacial score (nSPS) is 11.8. The Morgan fingerprint density at radius 2 is 2.10 bits per heavy atom. The maximum atomic E-state index is 13.5. The molecule has 114 valence electrons. The predicted molar refractivity (Wildman–Crippen MR) is 80.0 cm³/mol. The topological polar surface area (TPSA) is 71.1 Å². The molecule has 0 fully saturated rings. The minimum Gasteiger partial charge on any atom is -0.316 e. The lowest BCUT2D eigenvalue weighted by Gasteiger charge is -2.08. The maximum Gasteiger partial charge on any atom is 0.240 e. The van der Waals surface area contributed by atoms with Crippen LogP contribution in [0.4, 0.5) is 4.39 Å². The third-order valence-corrected chi connectivity index (χ3v) is 5.03. The van der Waals surface area contributed by atoms with E-state index in [2.05, 4.69) is 15.0 Å². The molecule has 2 aromatic rings. The van der Waals surface area contributed by atoms with Gasteiger partial charge in [-0.15, -0.1) is 11.3 Å². The number of aryl methyl sites for hydroxylation is 1. The van der Waals surface area contributed by atoms with Gasteiger partial charge in [-0.25, -0.2) is 22.5 Å². The fourth-order valence-electron chi connectivity index (χ4n) is 1.79. The Morgan fingerprint density at radius 1 is 1.33 bits per heavy atom. The summed E-state index contributed by atoms with van der Waals surface area (Å²) in [5, 5.41) is 5.48. The van der Waals surface area contributed by atoms with Crippen molar-refractivity contribution in [2.75, 3.05) is 7.05 Å². The van der Waals surface area contributed by atoms with Crippen LogP contribution in [0, 0.1) is 12.7 Å². The molecule has 0 aliphatic heterocycles. The molecule has 0 aliphatic carbocycles. The fourth-order valence-corrected chi connectivity index (χ4v) is 3.45. The minimum atomic E-state index is -3.69. The number of sulfonamides is 1. The van der Waals surface area contributed by atoms with Gasteiger partial charge in [0.1, 0.15) is 5.82 Å². The summed E-state index contributed by atoms with van der Waals surface area (Å²) in [6.07, 6.45) is 0. The van der Waals surface area contributed by atoms with Gasteiger partial charge in [0.2, 0.25) is 10.0 Å². The van der Waals surface area contributed by atoms with E-state index >= 15 is 0 Å². The summed E-state index contributed by atoms with van der Waals surface area (Å²) in [5.74, 6) is -0.432. The Labute approximate surface area is 127 Å². The highest BCUT2D eigenvalue weighted by Gasteiger charge is 2.16. The third-order valence-electron chi connectivity index (χ3n) is 2.80. The molecule has 0 bridgehead atoms. The van der Waals surface area contributed by atoms with Gasteiger partial charge < -0.3 is 5.32 Å². The molecular weight excluding hydrogens is 313 g/mol. The lowest BCUT2D eigenvalue weighted by Crippen LogP contribution is -2.24. The summed E-state index contributed by atoms with van der Waals surface area (Å²) in [7, 11) is -2.02. The van der Waals surface area contributed by atoms with E-state index in [9.17, 15) is 12.8 Å². The predicted octanol–water partition coefficient (Wildman–Crippen LogP) is 1.79. The highest BCUT2D eigenvalue weighted by Crippen LogP contribution is 2.16. The molecule has 1 aromatic carbocycles. The first kappa shape index (κ1) is 16.0. The van der Waals surface area contributed by atoms with E-state index in [0.717, 1.165) is 11.1 Å². The average molecular weight is 329 g/mol. The van der Waals surface area contributed by atoms with E-state index in [0.29, 0.717) is 11.3 Å². The van der Waals surface area contributed by atoms with E-state index in [1.165, 1.54) is 23.5 Å². The van der Waals surface area contributed by atoms with Crippen molar-refractivity contribution in [3.63, 3.8) is 0 Å². The van der Waals surface area contributed by atoms with Crippen LogP contribution in [0.1, 0.15) is 16.3 Å². The number of halogens is 1. The first-order chi connectivity index (χ1) is 9.92. The molecular formula is C13H16FN3O2S2. The zero-order valence-corrected chi connectivity index (χ0v) is 13.3. The first-order valence-electron chi connectivity index (χ1n) is 6.26. The summed E-state index contributed by atoms with van der Waals surface area (Å²) in [5.41, 5.74) is 0.975. The number of thiazole rings is 1. The molecule has 0 amide bonds. The second-order valence-corrected chi connectivity index (χ2v) is 7.30. The largest absolute Gasteiger partial charge is 0.316 e. The van der Waals surface area contributed by atoms with E-state index in [4.69, 9.17) is 0 Å². The Bertz CT molecular complexity index is 729. The van der Waals surface area contributed by atoms with Crippen molar-refractivity contribution in [3.05, 3.63) is 45.7 Å². The van der Waals surface area contributed by atoms with Crippen LogP contribution in [0.2, 0.25) is 0 Å². The Hall–Kier alpha value is -1.35. The molecule has 0 spiro atoms. The molecule has 0 unspecified atom stereocenters. The van der Waals surface area contributed by atoms with Crippen LogP contribution < -0.4 is 10.0 Å². The Balaban J connectivity index is 2.17. The van der Waals surface area contributed by atoms with Crippen molar-refractivity contribution in [2.45, 2.75) is 24.9 Å². The lowest BCUT2D eigenvalue weighted by molar-refractivity contribution is 0.577. The average Bonchev–Trinajstić information content (AvgIpc) is 2.85. The van der Waals surface area contributed by atoms with Crippen LogP contribution in [0.25, 0.3) is 0 Å². The molecule has 0 radical (unpaired) electrons. The third kappa shape index (κ3) is 4.07. The van der Waals surface area contributed by atoms with Crippen molar-refractivity contribution in [2.24, 2.45) is 0 Å². The van der Waals surface area contributed by atoms with Gasteiger partial charge in [-0.3, -0.25) is 0 Å². The molecule has 2 rings (SSSR count). The molecule has 0 saturated carbocycles. The molecule has 0 atom stereocenters. The molecule has 2 N–H and O–H groups in total. The van der Waals surface area contributed by atoms with Crippen LogP contribution in [0.5, 0.6) is 0 Å². The SMILES string of the molecule is CNCc1cc(S(=O)(=O)NCc2csc(C)n2)ccc1F. The van der Waals surface area contributed by atoms with E-state index in [1.807, 2.05) is 6.92 Å². The molecule has 0 saturated heterocycles. The second kappa shape index (κ2) is 6.61. The van der Waals surface area contributed by atoms with Crippen LogP contribution >= 0.6 is 11.3 Å². The Morgan fingerprint density at radius 3 is 2.71 bits per heavy atom. The van der Waals surface area contributed by atoms with Gasteiger partial charge >= 0.3 is 0 Å². The van der Waals surface area contributed by atoms with Gasteiger partial charge in [-0.1, -0.05) is 0 Å². The van der Waals surface area contributed by atoms with Crippen molar-refractivity contribution in [1.29, 1.82) is 0 Å². The molecule has 8 heteroatoms. The highest BCUT2D eigenvalue weighted by molar-refractivity contribution is 7.89. The quantitative estimate of drug-likeness (QED) is 0.847. The van der Waals surface area contributed by atoms with Gasteiger partial charge in [0, 0.05) is 17.5 Å². The van der Waals surface area contributed by atoms with Gasteiger partial charge in [0.05, 0.1) is 22.1 Å². The molecule has 1 heterocycles. The van der Waals surface area contributed by atoms with Crippen molar-refractivity contribution in [3.8, 4) is 0 Å². The maximum absolute atomic E-state index is 13.5. The van der Waals surface area contributed by atoms with Crippen LogP contribution in [0.3, 0.4) is 0 Å². The molecule has 21 heavy (non-hydrogen) atoms. The zero-order chi connectivity index (χ0) is 15.5. The van der Waals surface area contributed by atoms with Gasteiger partial charge in [-0.05, 0) is 32.2 Å². The fraction of sp³-hybridized carbons (Fsp3) is 0.308. The summed E-state index contributed by atoms with van der Waals surface area (Å²) in [6, 6.07) is 3.75. The van der Waals surface area contributed by atoms with Crippen molar-refractivity contribution < 1.29 is 12.8 Å². The number of nitrogens with one attached hydrogen (secondary N) is 2. The molecule has 1 aromatic heterocycles. The second-order valence-electron chi connectivity index (χ2n) is 4.47. The van der Waals surface area contributed by atoms with E-state index < -0.39 is 15.8 Å². The van der Waals surface area contributed by atoms with E-state index in [-0.39, 0.29) is 18.0 Å². The summed E-state index contributed by atoms with van der Waals surface area (Å²) >= 11 is 1.46. The highest BCUT2D eigenvalue weighted by atomic mass is 32.2. The summed E-state index contributed by atoms with van der Waals surface area (Å²) < 4.78 is 40.4. The van der Waals surface area contributed by atoms with Crippen molar-refractivity contribution >= 4 is 21.4 Å². The zero-order valence-electron chi connectivity index (χ0n) is 11.7. The first-order valence-corrected chi connectivity index (χ1v) is 8.62. The number of hydrogen-bond acceptors (Lipinski definition) is 5. The van der Waals surface area contributed by atoms with Crippen LogP contribution in [0.15, 0.2) is 28.5 Å². The van der Waals surface area contributed by atoms with Gasteiger partial charge in [0.15, 0.2) is 0 Å². The van der Waals surface area contributed by atoms with Gasteiger partial charge in [0.25, 0.3) is 0 Å². The monoisotopic (exact) mass is 329 g/mol. The summed E-state index contributed by atoms with van der Waals surface area (Å²) in [4.78, 5) is 4.23. The number of benzene rings is 1. The van der Waals surface area contributed by atoms with Crippen molar-refractivity contribution in [1.82, 2.24) is 15.0 Å². The molecule has 0 aliphatic rings. The number of rotatable bonds is 6. The Kier molecular flexibility index (Phi) is 5.04. The van der Waals surface area contributed by atoms with E-state index in [1.54, 1.807) is 12.4 Å². The molecule has 5 nitrogen and oxygen atoms in total. The smallest absolute Gasteiger partial charge is 0.240 e.